The molecule has 1 fully saturated rings. The lowest BCUT2D eigenvalue weighted by molar-refractivity contribution is -0.120. The van der Waals surface area contributed by atoms with Crippen LogP contribution in [0.3, 0.4) is 0 Å². The Kier molecular flexibility index (Phi) is 4.37. The summed E-state index contributed by atoms with van der Waals surface area (Å²) < 4.78 is 15.2. The first-order valence-corrected chi connectivity index (χ1v) is 10.6. The number of aromatic nitrogens is 2. The van der Waals surface area contributed by atoms with Gasteiger partial charge in [0.2, 0.25) is 5.28 Å². The molecule has 2 aliphatic rings. The lowest BCUT2D eigenvalue weighted by Gasteiger charge is -2.46. The quantitative estimate of drug-likeness (QED) is 0.560. The summed E-state index contributed by atoms with van der Waals surface area (Å²) in [6.45, 7) is 3.29. The second-order valence-corrected chi connectivity index (χ2v) is 9.40. The minimum absolute atomic E-state index is 0.0859. The number of nitrogens with zero attached hydrogens (tertiary/aromatic N) is 5. The third-order valence-electron chi connectivity index (χ3n) is 5.12. The number of hydrogen-bond donors (Lipinski definition) is 0. The van der Waals surface area contributed by atoms with E-state index in [0.717, 1.165) is 5.56 Å². The smallest absolute Gasteiger partial charge is 0.250 e. The van der Waals surface area contributed by atoms with Crippen LogP contribution in [0.15, 0.2) is 35.4 Å². The highest BCUT2D eigenvalue weighted by Gasteiger charge is 2.43. The van der Waals surface area contributed by atoms with Gasteiger partial charge in [-0.05, 0) is 36.5 Å². The number of piperazine rings is 1. The molecule has 1 aromatic carbocycles. The molecular formula is C18H20ClN5O2S. The Morgan fingerprint density at radius 1 is 1.26 bits per heavy atom. The summed E-state index contributed by atoms with van der Waals surface area (Å²) in [4.78, 5) is 25.3. The molecule has 0 aliphatic carbocycles. The van der Waals surface area contributed by atoms with Crippen LogP contribution >= 0.6 is 11.6 Å². The molecule has 0 saturated carbocycles. The number of anilines is 2. The average Bonchev–Trinajstić information content (AvgIpc) is 2.66. The first-order valence-electron chi connectivity index (χ1n) is 8.55. The predicted octanol–water partition coefficient (Wildman–Crippen LogP) is 1.60. The van der Waals surface area contributed by atoms with Gasteiger partial charge >= 0.3 is 0 Å². The second-order valence-electron chi connectivity index (χ2n) is 6.80. The molecule has 4 rings (SSSR count). The fourth-order valence-electron chi connectivity index (χ4n) is 3.53. The van der Waals surface area contributed by atoms with Crippen molar-refractivity contribution in [1.29, 1.82) is 0 Å². The van der Waals surface area contributed by atoms with Crippen molar-refractivity contribution in [2.24, 2.45) is 0 Å². The summed E-state index contributed by atoms with van der Waals surface area (Å²) in [5.41, 5.74) is 1.72. The highest BCUT2D eigenvalue weighted by Crippen LogP contribution is 2.36. The van der Waals surface area contributed by atoms with Crippen LogP contribution in [0.5, 0.6) is 0 Å². The van der Waals surface area contributed by atoms with E-state index < -0.39 is 15.7 Å². The van der Waals surface area contributed by atoms with Gasteiger partial charge < -0.3 is 9.80 Å². The monoisotopic (exact) mass is 405 g/mol. The van der Waals surface area contributed by atoms with Crippen molar-refractivity contribution in [1.82, 2.24) is 14.3 Å². The van der Waals surface area contributed by atoms with E-state index in [0.29, 0.717) is 36.0 Å². The van der Waals surface area contributed by atoms with Gasteiger partial charge in [-0.3, -0.25) is 4.79 Å². The standard InChI is InChI=1S/C18H20ClN5O2S/c1-12-4-6-13(7-5-12)27(3,26)23-8-9-24-15(11-23)17(25)22(2)14-10-20-18(19)21-16(14)24/h4-7,10,15H,3,8-9,11H2,1-2H3/t15-,27?/m1/s1. The molecule has 7 nitrogen and oxygen atoms in total. The summed E-state index contributed by atoms with van der Waals surface area (Å²) >= 11 is 5.97. The molecule has 0 bridgehead atoms. The molecule has 142 valence electrons. The van der Waals surface area contributed by atoms with Crippen molar-refractivity contribution in [3.05, 3.63) is 41.3 Å². The summed E-state index contributed by atoms with van der Waals surface area (Å²) in [5, 5.41) is 0.137. The molecular weight excluding hydrogens is 386 g/mol. The molecule has 27 heavy (non-hydrogen) atoms. The maximum atomic E-state index is 13.4. The average molecular weight is 406 g/mol. The Hall–Kier alpha value is -2.16. The summed E-state index contributed by atoms with van der Waals surface area (Å²) in [5.74, 6) is 4.54. The first kappa shape index (κ1) is 18.2. The molecule has 1 saturated heterocycles. The Labute approximate surface area is 163 Å². The minimum Gasteiger partial charge on any atom is -0.340 e. The van der Waals surface area contributed by atoms with Crippen molar-refractivity contribution in [3.63, 3.8) is 0 Å². The molecule has 9 heteroatoms. The summed E-state index contributed by atoms with van der Waals surface area (Å²) in [6, 6.07) is 7.04. The summed E-state index contributed by atoms with van der Waals surface area (Å²) in [7, 11) is -0.988. The fraction of sp³-hybridized carbons (Fsp3) is 0.333. The van der Waals surface area contributed by atoms with Crippen molar-refractivity contribution in [2.45, 2.75) is 17.9 Å². The van der Waals surface area contributed by atoms with Gasteiger partial charge in [-0.25, -0.2) is 13.5 Å². The molecule has 1 amide bonds. The molecule has 1 unspecified atom stereocenters. The number of fused-ring (bicyclic) bond motifs is 3. The third-order valence-corrected chi connectivity index (χ3v) is 7.48. The van der Waals surface area contributed by atoms with Crippen LogP contribution in [0.2, 0.25) is 5.28 Å². The number of likely N-dealkylation sites (N-methyl/N-ethyl adjacent to an activating group) is 1. The van der Waals surface area contributed by atoms with Crippen molar-refractivity contribution in [2.75, 3.05) is 36.5 Å². The van der Waals surface area contributed by atoms with Gasteiger partial charge in [0.15, 0.2) is 5.82 Å². The van der Waals surface area contributed by atoms with Crippen molar-refractivity contribution < 1.29 is 9.00 Å². The van der Waals surface area contributed by atoms with Gasteiger partial charge in [0.25, 0.3) is 5.91 Å². The molecule has 2 atom stereocenters. The Balaban J connectivity index is 1.67. The number of aryl methyl sites for hydroxylation is 1. The van der Waals surface area contributed by atoms with Crippen LogP contribution in [0.1, 0.15) is 5.56 Å². The zero-order chi connectivity index (χ0) is 19.3. The van der Waals surface area contributed by atoms with Crippen LogP contribution in [0, 0.1) is 6.92 Å². The van der Waals surface area contributed by atoms with Crippen LogP contribution in [-0.4, -0.2) is 63.0 Å². The van der Waals surface area contributed by atoms with E-state index in [1.165, 1.54) is 4.90 Å². The predicted molar refractivity (Wildman–Crippen MR) is 108 cm³/mol. The molecule has 1 aromatic heterocycles. The van der Waals surface area contributed by atoms with Crippen LogP contribution in [0.25, 0.3) is 0 Å². The SMILES string of the molecule is C=S(=O)(c1ccc(C)cc1)N1CCN2c3nc(Cl)ncc3N(C)C(=O)[C@H]2C1. The van der Waals surface area contributed by atoms with Crippen LogP contribution in [0.4, 0.5) is 11.5 Å². The Bertz CT molecular complexity index is 1010. The lowest BCUT2D eigenvalue weighted by Crippen LogP contribution is -2.63. The highest BCUT2D eigenvalue weighted by atomic mass is 35.5. The number of hydrogen-bond acceptors (Lipinski definition) is 5. The fourth-order valence-corrected chi connectivity index (χ4v) is 5.27. The number of carbonyl (C=O) groups excluding carboxylic acids is 1. The van der Waals surface area contributed by atoms with Crippen LogP contribution < -0.4 is 9.80 Å². The molecule has 3 heterocycles. The highest BCUT2D eigenvalue weighted by molar-refractivity contribution is 7.98. The number of amides is 1. The lowest BCUT2D eigenvalue weighted by atomic mass is 10.1. The zero-order valence-corrected chi connectivity index (χ0v) is 16.7. The number of carbonyl (C=O) groups is 1. The maximum Gasteiger partial charge on any atom is 0.250 e. The van der Waals surface area contributed by atoms with Crippen LogP contribution in [-0.2, 0) is 14.5 Å². The van der Waals surface area contributed by atoms with Gasteiger partial charge in [-0.2, -0.15) is 4.98 Å². The second kappa shape index (κ2) is 6.47. The van der Waals surface area contributed by atoms with Gasteiger partial charge in [0, 0.05) is 31.6 Å². The van der Waals surface area contributed by atoms with Gasteiger partial charge in [-0.1, -0.05) is 17.7 Å². The van der Waals surface area contributed by atoms with E-state index >= 15 is 0 Å². The van der Waals surface area contributed by atoms with E-state index in [-0.39, 0.29) is 11.2 Å². The van der Waals surface area contributed by atoms with E-state index in [1.54, 1.807) is 17.5 Å². The Morgan fingerprint density at radius 3 is 2.67 bits per heavy atom. The largest absolute Gasteiger partial charge is 0.340 e. The van der Waals surface area contributed by atoms with Crippen molar-refractivity contribution >= 4 is 44.6 Å². The normalized spacial score (nSPS) is 22.2. The molecule has 2 aromatic rings. The minimum atomic E-state index is -2.68. The van der Waals surface area contributed by atoms with E-state index in [1.807, 2.05) is 36.1 Å². The van der Waals surface area contributed by atoms with E-state index in [9.17, 15) is 9.00 Å². The summed E-state index contributed by atoms with van der Waals surface area (Å²) in [6.07, 6.45) is 1.56. The Morgan fingerprint density at radius 2 is 1.96 bits per heavy atom. The topological polar surface area (TPSA) is 69.6 Å². The molecule has 0 radical (unpaired) electrons. The number of benzene rings is 1. The molecule has 0 N–H and O–H groups in total. The zero-order valence-electron chi connectivity index (χ0n) is 15.1. The number of rotatable bonds is 2. The van der Waals surface area contributed by atoms with Gasteiger partial charge in [-0.15, -0.1) is 0 Å². The van der Waals surface area contributed by atoms with E-state index in [4.69, 9.17) is 11.6 Å². The first-order chi connectivity index (χ1) is 12.8. The molecule has 2 aliphatic heterocycles. The maximum absolute atomic E-state index is 13.4. The third kappa shape index (κ3) is 2.97. The molecule has 0 spiro atoms. The van der Waals surface area contributed by atoms with Crippen molar-refractivity contribution in [3.8, 4) is 0 Å². The van der Waals surface area contributed by atoms with Gasteiger partial charge in [0.1, 0.15) is 11.7 Å². The van der Waals surface area contributed by atoms with Gasteiger partial charge in [0.05, 0.1) is 15.9 Å². The van der Waals surface area contributed by atoms with E-state index in [2.05, 4.69) is 15.8 Å². The number of halogens is 1.